The Morgan fingerprint density at radius 1 is 0.750 bits per heavy atom. The standard InChI is InChI=1S/C28H54N2O6/c1-19(2)35-29-25(5,6)15-21(16-26(29,7)8)33-23(31)13-14-24(32)34-22-17-27(9,10)30(36-20(3)4)28(11,12)18-22/h19-23,31H,13-18H2,1-12H3. The highest BCUT2D eigenvalue weighted by Gasteiger charge is 2.49. The van der Waals surface area contributed by atoms with Crippen LogP contribution in [0.3, 0.4) is 0 Å². The third-order valence-corrected chi connectivity index (χ3v) is 6.98. The second-order valence-electron chi connectivity index (χ2n) is 13.8. The molecule has 36 heavy (non-hydrogen) atoms. The summed E-state index contributed by atoms with van der Waals surface area (Å²) >= 11 is 0. The maximum Gasteiger partial charge on any atom is 0.306 e. The van der Waals surface area contributed by atoms with Gasteiger partial charge in [-0.15, -0.1) is 0 Å². The highest BCUT2D eigenvalue weighted by atomic mass is 16.7. The van der Waals surface area contributed by atoms with Crippen molar-refractivity contribution in [3.8, 4) is 0 Å². The number of hydrogen-bond donors (Lipinski definition) is 1. The molecule has 0 amide bonds. The number of piperidine rings is 2. The minimum atomic E-state index is -1.01. The molecule has 8 heteroatoms. The average Bonchev–Trinajstić information content (AvgIpc) is 2.64. The maximum absolute atomic E-state index is 12.7. The zero-order valence-corrected chi connectivity index (χ0v) is 25.0. The molecule has 2 heterocycles. The smallest absolute Gasteiger partial charge is 0.306 e. The Balaban J connectivity index is 1.87. The summed E-state index contributed by atoms with van der Waals surface area (Å²) in [5, 5.41) is 14.7. The van der Waals surface area contributed by atoms with Crippen molar-refractivity contribution in [3.63, 3.8) is 0 Å². The molecule has 0 spiro atoms. The summed E-state index contributed by atoms with van der Waals surface area (Å²) in [5.41, 5.74) is -1.03. The van der Waals surface area contributed by atoms with Crippen LogP contribution in [-0.4, -0.2) is 74.1 Å². The van der Waals surface area contributed by atoms with Crippen LogP contribution in [-0.2, 0) is 23.9 Å². The number of carbonyl (C=O) groups excluding carboxylic acids is 1. The van der Waals surface area contributed by atoms with Crippen LogP contribution in [0.15, 0.2) is 0 Å². The first-order chi connectivity index (χ1) is 16.2. The van der Waals surface area contributed by atoms with E-state index < -0.39 is 6.29 Å². The van der Waals surface area contributed by atoms with E-state index in [2.05, 4.69) is 65.5 Å². The van der Waals surface area contributed by atoms with E-state index in [-0.39, 0.29) is 65.4 Å². The molecule has 1 atom stereocenters. The van der Waals surface area contributed by atoms with Gasteiger partial charge in [0.15, 0.2) is 6.29 Å². The third-order valence-electron chi connectivity index (χ3n) is 6.98. The Labute approximate surface area is 219 Å². The predicted octanol–water partition coefficient (Wildman–Crippen LogP) is 5.37. The molecule has 8 nitrogen and oxygen atoms in total. The van der Waals surface area contributed by atoms with Crippen LogP contribution in [0.2, 0.25) is 0 Å². The van der Waals surface area contributed by atoms with Crippen molar-refractivity contribution in [2.75, 3.05) is 0 Å². The number of nitrogens with zero attached hydrogens (tertiary/aromatic N) is 2. The van der Waals surface area contributed by atoms with Crippen molar-refractivity contribution in [2.24, 2.45) is 0 Å². The molecule has 212 valence electrons. The van der Waals surface area contributed by atoms with Gasteiger partial charge in [0.05, 0.1) is 24.7 Å². The summed E-state index contributed by atoms with van der Waals surface area (Å²) in [6.45, 7) is 25.1. The zero-order valence-electron chi connectivity index (χ0n) is 25.0. The van der Waals surface area contributed by atoms with Gasteiger partial charge in [-0.25, -0.2) is 0 Å². The third kappa shape index (κ3) is 8.37. The van der Waals surface area contributed by atoms with Gasteiger partial charge in [0.2, 0.25) is 0 Å². The molecule has 2 aliphatic heterocycles. The Kier molecular flexibility index (Phi) is 10.1. The molecule has 2 rings (SSSR count). The van der Waals surface area contributed by atoms with Crippen LogP contribution in [0.4, 0.5) is 0 Å². The molecule has 0 radical (unpaired) electrons. The largest absolute Gasteiger partial charge is 0.462 e. The van der Waals surface area contributed by atoms with Crippen molar-refractivity contribution in [2.45, 2.75) is 174 Å². The highest BCUT2D eigenvalue weighted by molar-refractivity contribution is 5.69. The molecule has 0 bridgehead atoms. The van der Waals surface area contributed by atoms with Gasteiger partial charge in [-0.3, -0.25) is 14.5 Å². The topological polar surface area (TPSA) is 80.7 Å². The molecule has 1 unspecified atom stereocenters. The lowest BCUT2D eigenvalue weighted by Crippen LogP contribution is -2.62. The fourth-order valence-electron chi connectivity index (χ4n) is 6.29. The van der Waals surface area contributed by atoms with Gasteiger partial charge in [-0.2, -0.15) is 10.1 Å². The van der Waals surface area contributed by atoms with Crippen LogP contribution in [0.1, 0.15) is 122 Å². The molecule has 2 saturated heterocycles. The second kappa shape index (κ2) is 11.5. The van der Waals surface area contributed by atoms with Gasteiger partial charge in [0.25, 0.3) is 0 Å². The molecule has 2 aliphatic rings. The fraction of sp³-hybridized carbons (Fsp3) is 0.964. The Hall–Kier alpha value is -0.770. The SMILES string of the molecule is CC(C)ON1C(C)(C)CC(OC(=O)CCC(O)OC2CC(C)(C)N(OC(C)C)C(C)(C)C2)CC1(C)C. The predicted molar refractivity (Wildman–Crippen MR) is 141 cm³/mol. The summed E-state index contributed by atoms with van der Waals surface area (Å²) in [6, 6.07) is 0. The van der Waals surface area contributed by atoms with E-state index in [0.717, 1.165) is 12.8 Å². The lowest BCUT2D eigenvalue weighted by atomic mass is 9.80. The number of rotatable bonds is 10. The minimum absolute atomic E-state index is 0.0789. The Morgan fingerprint density at radius 2 is 1.11 bits per heavy atom. The molecule has 2 fully saturated rings. The fourth-order valence-corrected chi connectivity index (χ4v) is 6.29. The van der Waals surface area contributed by atoms with E-state index in [0.29, 0.717) is 12.8 Å². The van der Waals surface area contributed by atoms with Crippen molar-refractivity contribution in [3.05, 3.63) is 0 Å². The lowest BCUT2D eigenvalue weighted by molar-refractivity contribution is -0.317. The molecular weight excluding hydrogens is 460 g/mol. The summed E-state index contributed by atoms with van der Waals surface area (Å²) < 4.78 is 11.9. The average molecular weight is 515 g/mol. The van der Waals surface area contributed by atoms with Crippen LogP contribution in [0, 0.1) is 0 Å². The van der Waals surface area contributed by atoms with Gasteiger partial charge in [-0.05, 0) is 95.9 Å². The van der Waals surface area contributed by atoms with Crippen molar-refractivity contribution in [1.82, 2.24) is 10.1 Å². The van der Waals surface area contributed by atoms with Crippen molar-refractivity contribution < 1.29 is 29.0 Å². The van der Waals surface area contributed by atoms with Crippen LogP contribution in [0.5, 0.6) is 0 Å². The van der Waals surface area contributed by atoms with E-state index in [1.807, 2.05) is 27.7 Å². The van der Waals surface area contributed by atoms with E-state index in [1.165, 1.54) is 0 Å². The van der Waals surface area contributed by atoms with Gasteiger partial charge in [0, 0.05) is 41.4 Å². The number of ether oxygens (including phenoxy) is 2. The first kappa shape index (κ1) is 31.4. The minimum Gasteiger partial charge on any atom is -0.462 e. The first-order valence-corrected chi connectivity index (χ1v) is 13.7. The van der Waals surface area contributed by atoms with Gasteiger partial charge < -0.3 is 14.6 Å². The van der Waals surface area contributed by atoms with Gasteiger partial charge in [-0.1, -0.05) is 0 Å². The van der Waals surface area contributed by atoms with Gasteiger partial charge in [0.1, 0.15) is 6.10 Å². The van der Waals surface area contributed by atoms with Crippen LogP contribution in [0.25, 0.3) is 0 Å². The van der Waals surface area contributed by atoms with E-state index >= 15 is 0 Å². The maximum atomic E-state index is 12.7. The number of carbonyl (C=O) groups is 1. The Morgan fingerprint density at radius 3 is 1.47 bits per heavy atom. The summed E-state index contributed by atoms with van der Waals surface area (Å²) in [6.07, 6.45) is 2.00. The van der Waals surface area contributed by atoms with Crippen LogP contribution < -0.4 is 0 Å². The number of hydroxylamine groups is 4. The summed E-state index contributed by atoms with van der Waals surface area (Å²) in [4.78, 5) is 24.9. The Bertz CT molecular complexity index is 698. The molecular formula is C28H54N2O6. The quantitative estimate of drug-likeness (QED) is 0.308. The number of hydrogen-bond acceptors (Lipinski definition) is 8. The molecule has 0 aromatic carbocycles. The second-order valence-corrected chi connectivity index (χ2v) is 13.8. The zero-order chi connectivity index (χ0) is 27.7. The first-order valence-electron chi connectivity index (χ1n) is 13.7. The molecule has 1 N–H and O–H groups in total. The number of aliphatic hydroxyl groups is 1. The lowest BCUT2D eigenvalue weighted by Gasteiger charge is -2.54. The molecule has 0 saturated carbocycles. The van der Waals surface area contributed by atoms with Gasteiger partial charge >= 0.3 is 5.97 Å². The monoisotopic (exact) mass is 514 g/mol. The number of aliphatic hydroxyl groups excluding tert-OH is 1. The molecule has 0 aromatic heterocycles. The van der Waals surface area contributed by atoms with E-state index in [1.54, 1.807) is 0 Å². The number of esters is 1. The van der Waals surface area contributed by atoms with Crippen LogP contribution >= 0.6 is 0 Å². The highest BCUT2D eigenvalue weighted by Crippen LogP contribution is 2.42. The molecule has 0 aromatic rings. The van der Waals surface area contributed by atoms with Crippen molar-refractivity contribution in [1.29, 1.82) is 0 Å². The van der Waals surface area contributed by atoms with E-state index in [4.69, 9.17) is 19.1 Å². The summed E-state index contributed by atoms with van der Waals surface area (Å²) in [7, 11) is 0. The summed E-state index contributed by atoms with van der Waals surface area (Å²) in [5.74, 6) is -0.298. The normalized spacial score (nSPS) is 25.9. The van der Waals surface area contributed by atoms with E-state index in [9.17, 15) is 9.90 Å². The van der Waals surface area contributed by atoms with Crippen molar-refractivity contribution >= 4 is 5.97 Å². The molecule has 0 aliphatic carbocycles.